The fourth-order valence-electron chi connectivity index (χ4n) is 2.86. The van der Waals surface area contributed by atoms with Gasteiger partial charge in [0, 0.05) is 15.0 Å². The lowest BCUT2D eigenvalue weighted by molar-refractivity contribution is 0.0951. The minimum absolute atomic E-state index is 0.128. The number of thiophene rings is 2. The first-order valence-electron chi connectivity index (χ1n) is 8.82. The fourth-order valence-corrected chi connectivity index (χ4v) is 4.60. The number of amides is 1. The van der Waals surface area contributed by atoms with Crippen LogP contribution < -0.4 is 14.8 Å². The molecule has 1 amide bonds. The molecule has 4 rings (SSSR count). The standard InChI is InChI=1S/C22H19NO3S2/c1-25-16-9-10-18-19(12-16)28-21(22(24)23-13-17-8-5-11-27-17)20(18)26-14-15-6-3-2-4-7-15/h2-12H,13-14H2,1H3,(H,23,24). The highest BCUT2D eigenvalue weighted by Gasteiger charge is 2.20. The molecule has 0 bridgehead atoms. The maximum absolute atomic E-state index is 12.9. The topological polar surface area (TPSA) is 47.6 Å². The molecule has 0 saturated carbocycles. The van der Waals surface area contributed by atoms with Gasteiger partial charge in [-0.2, -0.15) is 0 Å². The summed E-state index contributed by atoms with van der Waals surface area (Å²) in [5.74, 6) is 1.25. The molecule has 0 aliphatic heterocycles. The Morgan fingerprint density at radius 3 is 2.68 bits per heavy atom. The third-order valence-electron chi connectivity index (χ3n) is 4.29. The lowest BCUT2D eigenvalue weighted by Crippen LogP contribution is -2.21. The summed E-state index contributed by atoms with van der Waals surface area (Å²) in [6, 6.07) is 19.7. The van der Waals surface area contributed by atoms with E-state index in [2.05, 4.69) is 5.32 Å². The molecule has 6 heteroatoms. The van der Waals surface area contributed by atoms with E-state index in [0.717, 1.165) is 26.3 Å². The van der Waals surface area contributed by atoms with Gasteiger partial charge in [-0.1, -0.05) is 36.4 Å². The number of methoxy groups -OCH3 is 1. The second kappa shape index (κ2) is 8.46. The zero-order valence-corrected chi connectivity index (χ0v) is 16.9. The third kappa shape index (κ3) is 4.03. The molecule has 0 atom stereocenters. The Morgan fingerprint density at radius 1 is 1.07 bits per heavy atom. The van der Waals surface area contributed by atoms with Crippen molar-refractivity contribution < 1.29 is 14.3 Å². The summed E-state index contributed by atoms with van der Waals surface area (Å²) in [7, 11) is 1.64. The Morgan fingerprint density at radius 2 is 1.93 bits per heavy atom. The number of hydrogen-bond acceptors (Lipinski definition) is 5. The van der Waals surface area contributed by atoms with Crippen LogP contribution in [0.5, 0.6) is 11.5 Å². The van der Waals surface area contributed by atoms with Gasteiger partial charge in [0.2, 0.25) is 0 Å². The van der Waals surface area contributed by atoms with Gasteiger partial charge in [-0.3, -0.25) is 4.79 Å². The highest BCUT2D eigenvalue weighted by atomic mass is 32.1. The van der Waals surface area contributed by atoms with Gasteiger partial charge in [-0.15, -0.1) is 22.7 Å². The Bertz CT molecular complexity index is 1070. The van der Waals surface area contributed by atoms with Gasteiger partial charge in [0.05, 0.1) is 13.7 Å². The summed E-state index contributed by atoms with van der Waals surface area (Å²) in [5.41, 5.74) is 1.06. The zero-order valence-electron chi connectivity index (χ0n) is 15.3. The predicted molar refractivity (Wildman–Crippen MR) is 115 cm³/mol. The SMILES string of the molecule is COc1ccc2c(OCc3ccccc3)c(C(=O)NCc3cccs3)sc2c1. The number of rotatable bonds is 7. The molecular weight excluding hydrogens is 390 g/mol. The number of carbonyl (C=O) groups excluding carboxylic acids is 1. The summed E-state index contributed by atoms with van der Waals surface area (Å²) in [6.45, 7) is 0.913. The van der Waals surface area contributed by atoms with E-state index < -0.39 is 0 Å². The molecule has 28 heavy (non-hydrogen) atoms. The van der Waals surface area contributed by atoms with Crippen LogP contribution in [0, 0.1) is 0 Å². The highest BCUT2D eigenvalue weighted by Crippen LogP contribution is 2.40. The van der Waals surface area contributed by atoms with E-state index in [9.17, 15) is 4.79 Å². The molecule has 0 aliphatic rings. The quantitative estimate of drug-likeness (QED) is 0.440. The van der Waals surface area contributed by atoms with E-state index in [-0.39, 0.29) is 5.91 Å². The van der Waals surface area contributed by atoms with E-state index in [0.29, 0.717) is 23.8 Å². The van der Waals surface area contributed by atoms with Gasteiger partial charge >= 0.3 is 0 Å². The summed E-state index contributed by atoms with van der Waals surface area (Å²) in [6.07, 6.45) is 0. The van der Waals surface area contributed by atoms with Crippen molar-refractivity contribution in [3.05, 3.63) is 81.4 Å². The average molecular weight is 410 g/mol. The van der Waals surface area contributed by atoms with Crippen molar-refractivity contribution in [2.75, 3.05) is 7.11 Å². The molecule has 0 unspecified atom stereocenters. The molecule has 142 valence electrons. The van der Waals surface area contributed by atoms with Gasteiger partial charge in [-0.25, -0.2) is 0 Å². The van der Waals surface area contributed by atoms with Crippen LogP contribution in [-0.4, -0.2) is 13.0 Å². The van der Waals surface area contributed by atoms with Crippen LogP contribution in [0.25, 0.3) is 10.1 Å². The number of fused-ring (bicyclic) bond motifs is 1. The minimum atomic E-state index is -0.128. The third-order valence-corrected chi connectivity index (χ3v) is 6.30. The van der Waals surface area contributed by atoms with Crippen LogP contribution in [0.4, 0.5) is 0 Å². The predicted octanol–water partition coefficient (Wildman–Crippen LogP) is 5.48. The van der Waals surface area contributed by atoms with Crippen LogP contribution >= 0.6 is 22.7 Å². The molecule has 0 aliphatic carbocycles. The average Bonchev–Trinajstić information content (AvgIpc) is 3.38. The van der Waals surface area contributed by atoms with Gasteiger partial charge in [0.25, 0.3) is 5.91 Å². The number of benzene rings is 2. The van der Waals surface area contributed by atoms with Crippen LogP contribution in [0.15, 0.2) is 66.0 Å². The first kappa shape index (κ1) is 18.5. The Kier molecular flexibility index (Phi) is 5.60. The van der Waals surface area contributed by atoms with Crippen LogP contribution in [-0.2, 0) is 13.2 Å². The lowest BCUT2D eigenvalue weighted by Gasteiger charge is -2.09. The fraction of sp³-hybridized carbons (Fsp3) is 0.136. The number of nitrogens with one attached hydrogen (secondary N) is 1. The van der Waals surface area contributed by atoms with Crippen molar-refractivity contribution in [3.8, 4) is 11.5 Å². The van der Waals surface area contributed by atoms with Gasteiger partial charge in [-0.05, 0) is 35.2 Å². The summed E-state index contributed by atoms with van der Waals surface area (Å²) in [5, 5.41) is 5.92. The first-order valence-corrected chi connectivity index (χ1v) is 10.5. The summed E-state index contributed by atoms with van der Waals surface area (Å²) in [4.78, 5) is 14.6. The second-order valence-electron chi connectivity index (χ2n) is 6.16. The number of hydrogen-bond donors (Lipinski definition) is 1. The van der Waals surface area contributed by atoms with Crippen LogP contribution in [0.2, 0.25) is 0 Å². The maximum atomic E-state index is 12.9. The molecule has 4 nitrogen and oxygen atoms in total. The molecule has 0 radical (unpaired) electrons. The molecule has 2 aromatic heterocycles. The van der Waals surface area contributed by atoms with Crippen molar-refractivity contribution >= 4 is 38.7 Å². The number of ether oxygens (including phenoxy) is 2. The molecule has 4 aromatic rings. The Hall–Kier alpha value is -2.83. The van der Waals surface area contributed by atoms with Crippen molar-refractivity contribution in [1.82, 2.24) is 5.32 Å². The van der Waals surface area contributed by atoms with Gasteiger partial charge in [0.1, 0.15) is 17.2 Å². The number of carbonyl (C=O) groups is 1. The second-order valence-corrected chi connectivity index (χ2v) is 8.24. The van der Waals surface area contributed by atoms with Crippen LogP contribution in [0.1, 0.15) is 20.1 Å². The Balaban J connectivity index is 1.63. The lowest BCUT2D eigenvalue weighted by atomic mass is 10.2. The van der Waals surface area contributed by atoms with Crippen LogP contribution in [0.3, 0.4) is 0 Å². The van der Waals surface area contributed by atoms with E-state index in [1.165, 1.54) is 11.3 Å². The van der Waals surface area contributed by atoms with Crippen molar-refractivity contribution in [2.45, 2.75) is 13.2 Å². The van der Waals surface area contributed by atoms with Gasteiger partial charge in [0.15, 0.2) is 5.75 Å². The van der Waals surface area contributed by atoms with Crippen molar-refractivity contribution in [2.24, 2.45) is 0 Å². The van der Waals surface area contributed by atoms with E-state index >= 15 is 0 Å². The largest absolute Gasteiger partial charge is 0.497 e. The molecule has 2 aromatic carbocycles. The van der Waals surface area contributed by atoms with E-state index in [4.69, 9.17) is 9.47 Å². The molecule has 2 heterocycles. The van der Waals surface area contributed by atoms with Crippen molar-refractivity contribution in [1.29, 1.82) is 0 Å². The zero-order chi connectivity index (χ0) is 19.3. The minimum Gasteiger partial charge on any atom is -0.497 e. The monoisotopic (exact) mass is 409 g/mol. The smallest absolute Gasteiger partial charge is 0.265 e. The molecule has 0 saturated heterocycles. The molecule has 1 N–H and O–H groups in total. The first-order chi connectivity index (χ1) is 13.7. The molecule has 0 fully saturated rings. The highest BCUT2D eigenvalue weighted by molar-refractivity contribution is 7.21. The van der Waals surface area contributed by atoms with E-state index in [1.807, 2.05) is 66.0 Å². The van der Waals surface area contributed by atoms with Gasteiger partial charge < -0.3 is 14.8 Å². The summed E-state index contributed by atoms with van der Waals surface area (Å²) >= 11 is 3.04. The van der Waals surface area contributed by atoms with E-state index in [1.54, 1.807) is 18.4 Å². The normalized spacial score (nSPS) is 10.8. The molecular formula is C22H19NO3S2. The Labute approximate surface area is 171 Å². The van der Waals surface area contributed by atoms with Crippen molar-refractivity contribution in [3.63, 3.8) is 0 Å². The summed E-state index contributed by atoms with van der Waals surface area (Å²) < 4.78 is 12.4. The maximum Gasteiger partial charge on any atom is 0.265 e. The molecule has 0 spiro atoms.